The molecular formula is C22H39N5O. The van der Waals surface area contributed by atoms with E-state index in [1.807, 2.05) is 6.20 Å². The fourth-order valence-electron chi connectivity index (χ4n) is 4.94. The molecule has 6 nitrogen and oxygen atoms in total. The number of rotatable bonds is 7. The highest BCUT2D eigenvalue weighted by Gasteiger charge is 2.41. The average Bonchev–Trinajstić information content (AvgIpc) is 3.15. The Kier molecular flexibility index (Phi) is 7.15. The molecule has 1 amide bonds. The Morgan fingerprint density at radius 1 is 1.29 bits per heavy atom. The molecule has 1 aromatic rings. The molecule has 1 aromatic heterocycles. The van der Waals surface area contributed by atoms with Gasteiger partial charge in [0.15, 0.2) is 0 Å². The fourth-order valence-corrected chi connectivity index (χ4v) is 4.94. The van der Waals surface area contributed by atoms with Crippen LogP contribution in [-0.2, 0) is 11.3 Å². The van der Waals surface area contributed by atoms with E-state index in [0.717, 1.165) is 77.9 Å². The van der Waals surface area contributed by atoms with Gasteiger partial charge in [0.1, 0.15) is 5.82 Å². The minimum Gasteiger partial charge on any atom is -0.342 e. The maximum absolute atomic E-state index is 13.3. The highest BCUT2D eigenvalue weighted by Crippen LogP contribution is 2.34. The molecule has 2 fully saturated rings. The number of carbonyl (C=O) groups excluding carboxylic acids is 1. The van der Waals surface area contributed by atoms with Crippen LogP contribution in [-0.4, -0.2) is 83.5 Å². The van der Waals surface area contributed by atoms with E-state index in [0.29, 0.717) is 11.8 Å². The number of likely N-dealkylation sites (tertiary alicyclic amines) is 2. The third-order valence-electron chi connectivity index (χ3n) is 6.64. The van der Waals surface area contributed by atoms with E-state index in [9.17, 15) is 4.79 Å². The first-order valence-electron chi connectivity index (χ1n) is 11.1. The lowest BCUT2D eigenvalue weighted by Gasteiger charge is -2.43. The number of hydrogen-bond donors (Lipinski definition) is 0. The molecule has 1 atom stereocenters. The number of nitrogens with zero attached hydrogens (tertiary/aromatic N) is 5. The Morgan fingerprint density at radius 2 is 2.04 bits per heavy atom. The Morgan fingerprint density at radius 3 is 2.71 bits per heavy atom. The van der Waals surface area contributed by atoms with Gasteiger partial charge in [0.25, 0.3) is 0 Å². The predicted octanol–water partition coefficient (Wildman–Crippen LogP) is 2.66. The minimum absolute atomic E-state index is 0.203. The lowest BCUT2D eigenvalue weighted by atomic mass is 9.79. The summed E-state index contributed by atoms with van der Waals surface area (Å²) in [4.78, 5) is 24.7. The van der Waals surface area contributed by atoms with E-state index in [2.05, 4.69) is 58.4 Å². The second-order valence-electron chi connectivity index (χ2n) is 9.24. The van der Waals surface area contributed by atoms with Crippen LogP contribution in [0.4, 0.5) is 0 Å². The SMILES string of the molecule is CCN1CCC[C@](C)(C(=O)N2CCC(c3nccn3CCCN(C)C)CC2)C1. The fraction of sp³-hybridized carbons (Fsp3) is 0.818. The van der Waals surface area contributed by atoms with E-state index < -0.39 is 0 Å². The summed E-state index contributed by atoms with van der Waals surface area (Å²) in [5.74, 6) is 2.06. The second-order valence-corrected chi connectivity index (χ2v) is 9.24. The molecule has 0 saturated carbocycles. The zero-order valence-electron chi connectivity index (χ0n) is 18.4. The quantitative estimate of drug-likeness (QED) is 0.719. The van der Waals surface area contributed by atoms with Crippen LogP contribution in [0.5, 0.6) is 0 Å². The first-order valence-corrected chi connectivity index (χ1v) is 11.1. The number of imidazole rings is 1. The molecule has 0 N–H and O–H groups in total. The lowest BCUT2D eigenvalue weighted by Crippen LogP contribution is -2.53. The summed E-state index contributed by atoms with van der Waals surface area (Å²) in [6.07, 6.45) is 9.42. The van der Waals surface area contributed by atoms with Gasteiger partial charge in [-0.15, -0.1) is 0 Å². The van der Waals surface area contributed by atoms with Crippen molar-refractivity contribution < 1.29 is 4.79 Å². The molecule has 158 valence electrons. The Hall–Kier alpha value is -1.40. The van der Waals surface area contributed by atoms with Crippen molar-refractivity contribution in [1.82, 2.24) is 24.3 Å². The third-order valence-corrected chi connectivity index (χ3v) is 6.64. The van der Waals surface area contributed by atoms with Crippen LogP contribution in [0.15, 0.2) is 12.4 Å². The van der Waals surface area contributed by atoms with Crippen molar-refractivity contribution in [2.24, 2.45) is 5.41 Å². The van der Waals surface area contributed by atoms with Crippen LogP contribution >= 0.6 is 0 Å². The summed E-state index contributed by atoms with van der Waals surface area (Å²) < 4.78 is 2.33. The lowest BCUT2D eigenvalue weighted by molar-refractivity contribution is -0.145. The largest absolute Gasteiger partial charge is 0.342 e. The van der Waals surface area contributed by atoms with E-state index in [1.54, 1.807) is 0 Å². The maximum Gasteiger partial charge on any atom is 0.229 e. The molecule has 3 rings (SSSR count). The zero-order chi connectivity index (χ0) is 20.1. The highest BCUT2D eigenvalue weighted by atomic mass is 16.2. The summed E-state index contributed by atoms with van der Waals surface area (Å²) in [5.41, 5.74) is -0.203. The van der Waals surface area contributed by atoms with Crippen LogP contribution in [0.3, 0.4) is 0 Å². The van der Waals surface area contributed by atoms with E-state index in [-0.39, 0.29) is 5.41 Å². The van der Waals surface area contributed by atoms with Crippen molar-refractivity contribution in [2.75, 3.05) is 53.4 Å². The molecule has 6 heteroatoms. The summed E-state index contributed by atoms with van der Waals surface area (Å²) in [7, 11) is 4.24. The topological polar surface area (TPSA) is 44.6 Å². The van der Waals surface area contributed by atoms with Gasteiger partial charge in [-0.2, -0.15) is 0 Å². The number of amides is 1. The number of hydrogen-bond acceptors (Lipinski definition) is 4. The molecule has 0 aliphatic carbocycles. The summed E-state index contributed by atoms with van der Waals surface area (Å²) in [6, 6.07) is 0. The van der Waals surface area contributed by atoms with Crippen molar-refractivity contribution in [3.05, 3.63) is 18.2 Å². The standard InChI is InChI=1S/C22H39N5O/c1-5-25-13-6-10-22(2,18-25)21(28)27-15-8-19(9-16-27)20-23-11-17-26(20)14-7-12-24(3)4/h11,17,19H,5-10,12-16,18H2,1-4H3/t22-/m0/s1. The second kappa shape index (κ2) is 9.40. The van der Waals surface area contributed by atoms with Gasteiger partial charge < -0.3 is 19.3 Å². The average molecular weight is 390 g/mol. The van der Waals surface area contributed by atoms with Crippen LogP contribution in [0, 0.1) is 5.41 Å². The molecular weight excluding hydrogens is 350 g/mol. The number of aryl methyl sites for hydroxylation is 1. The smallest absolute Gasteiger partial charge is 0.229 e. The van der Waals surface area contributed by atoms with Crippen molar-refractivity contribution >= 4 is 5.91 Å². The molecule has 0 spiro atoms. The summed E-state index contributed by atoms with van der Waals surface area (Å²) in [6.45, 7) is 11.3. The van der Waals surface area contributed by atoms with E-state index >= 15 is 0 Å². The highest BCUT2D eigenvalue weighted by molar-refractivity contribution is 5.82. The van der Waals surface area contributed by atoms with Gasteiger partial charge in [0.05, 0.1) is 5.41 Å². The molecule has 2 saturated heterocycles. The molecule has 2 aliphatic heterocycles. The van der Waals surface area contributed by atoms with Crippen LogP contribution in [0.2, 0.25) is 0 Å². The van der Waals surface area contributed by atoms with Gasteiger partial charge in [0, 0.05) is 44.5 Å². The van der Waals surface area contributed by atoms with Crippen molar-refractivity contribution in [3.8, 4) is 0 Å². The van der Waals surface area contributed by atoms with Gasteiger partial charge in [-0.05, 0) is 72.8 Å². The molecule has 3 heterocycles. The molecule has 0 aromatic carbocycles. The van der Waals surface area contributed by atoms with Gasteiger partial charge in [-0.25, -0.2) is 4.98 Å². The van der Waals surface area contributed by atoms with Crippen molar-refractivity contribution in [3.63, 3.8) is 0 Å². The van der Waals surface area contributed by atoms with Crippen LogP contribution in [0.1, 0.15) is 57.7 Å². The van der Waals surface area contributed by atoms with Gasteiger partial charge in [0.2, 0.25) is 5.91 Å². The minimum atomic E-state index is -0.203. The number of piperidine rings is 2. The third kappa shape index (κ3) is 4.95. The van der Waals surface area contributed by atoms with Gasteiger partial charge in [-0.3, -0.25) is 4.79 Å². The van der Waals surface area contributed by atoms with Crippen LogP contribution in [0.25, 0.3) is 0 Å². The number of aromatic nitrogens is 2. The van der Waals surface area contributed by atoms with Crippen LogP contribution < -0.4 is 0 Å². The Balaban J connectivity index is 1.55. The summed E-state index contributed by atoms with van der Waals surface area (Å²) >= 11 is 0. The summed E-state index contributed by atoms with van der Waals surface area (Å²) in [5, 5.41) is 0. The Bertz CT molecular complexity index is 635. The maximum atomic E-state index is 13.3. The number of carbonyl (C=O) groups is 1. The van der Waals surface area contributed by atoms with E-state index in [4.69, 9.17) is 0 Å². The first-order chi connectivity index (χ1) is 13.4. The van der Waals surface area contributed by atoms with Gasteiger partial charge >= 0.3 is 0 Å². The monoisotopic (exact) mass is 389 g/mol. The van der Waals surface area contributed by atoms with Crippen molar-refractivity contribution in [1.29, 1.82) is 0 Å². The first kappa shape index (κ1) is 21.3. The normalized spacial score (nSPS) is 24.8. The molecule has 0 bridgehead atoms. The molecule has 0 radical (unpaired) electrons. The van der Waals surface area contributed by atoms with E-state index in [1.165, 1.54) is 5.82 Å². The molecule has 28 heavy (non-hydrogen) atoms. The van der Waals surface area contributed by atoms with Gasteiger partial charge in [-0.1, -0.05) is 6.92 Å². The Labute approximate surface area is 170 Å². The predicted molar refractivity (Wildman–Crippen MR) is 113 cm³/mol. The molecule has 2 aliphatic rings. The molecule has 0 unspecified atom stereocenters. The zero-order valence-corrected chi connectivity index (χ0v) is 18.4. The van der Waals surface area contributed by atoms with Crippen molar-refractivity contribution in [2.45, 2.75) is 58.4 Å².